The lowest BCUT2D eigenvalue weighted by Gasteiger charge is -2.09. The summed E-state index contributed by atoms with van der Waals surface area (Å²) in [5.74, 6) is 1.88. The summed E-state index contributed by atoms with van der Waals surface area (Å²) in [7, 11) is 0. The number of rotatable bonds is 3. The third kappa shape index (κ3) is 4.19. The van der Waals surface area contributed by atoms with Crippen molar-refractivity contribution in [2.24, 2.45) is 0 Å². The maximum Gasteiger partial charge on any atom is 0.416 e. The third-order valence-corrected chi connectivity index (χ3v) is 1.97. The maximum absolute atomic E-state index is 12.4. The molecular weight excluding hydrogens is 231 g/mol. The van der Waals surface area contributed by atoms with Gasteiger partial charge in [-0.05, 0) is 18.2 Å². The van der Waals surface area contributed by atoms with Gasteiger partial charge in [0.2, 0.25) is 5.91 Å². The average molecular weight is 241 g/mol. The SMILES string of the molecule is C#CCCC(=O)Nc1cccc(C(F)(F)F)c1. The first-order chi connectivity index (χ1) is 7.93. The Balaban J connectivity index is 2.73. The molecule has 0 aromatic heterocycles. The van der Waals surface area contributed by atoms with E-state index in [2.05, 4.69) is 11.2 Å². The maximum atomic E-state index is 12.4. The summed E-state index contributed by atoms with van der Waals surface area (Å²) in [6, 6.07) is 4.45. The zero-order valence-electron chi connectivity index (χ0n) is 8.84. The fourth-order valence-corrected chi connectivity index (χ4v) is 1.18. The molecule has 0 fully saturated rings. The van der Waals surface area contributed by atoms with Crippen LogP contribution >= 0.6 is 0 Å². The predicted molar refractivity (Wildman–Crippen MR) is 58.1 cm³/mol. The summed E-state index contributed by atoms with van der Waals surface area (Å²) in [5.41, 5.74) is -0.686. The zero-order chi connectivity index (χ0) is 12.9. The Bertz CT molecular complexity index is 446. The van der Waals surface area contributed by atoms with Crippen LogP contribution in [0.15, 0.2) is 24.3 Å². The van der Waals surface area contributed by atoms with Crippen molar-refractivity contribution in [1.29, 1.82) is 0 Å². The number of carbonyl (C=O) groups excluding carboxylic acids is 1. The molecule has 90 valence electrons. The highest BCUT2D eigenvalue weighted by Crippen LogP contribution is 2.30. The molecule has 0 spiro atoms. The Hall–Kier alpha value is -1.96. The van der Waals surface area contributed by atoms with E-state index in [1.807, 2.05) is 0 Å². The predicted octanol–water partition coefficient (Wildman–Crippen LogP) is 3.06. The van der Waals surface area contributed by atoms with Crippen LogP contribution in [0.4, 0.5) is 18.9 Å². The molecule has 1 amide bonds. The van der Waals surface area contributed by atoms with Crippen LogP contribution in [-0.2, 0) is 11.0 Å². The number of amides is 1. The van der Waals surface area contributed by atoms with Gasteiger partial charge in [-0.25, -0.2) is 0 Å². The Kier molecular flexibility index (Phi) is 4.16. The molecule has 5 heteroatoms. The lowest BCUT2D eigenvalue weighted by atomic mass is 10.2. The monoisotopic (exact) mass is 241 g/mol. The summed E-state index contributed by atoms with van der Waals surface area (Å²) >= 11 is 0. The molecule has 1 aromatic carbocycles. The number of hydrogen-bond donors (Lipinski definition) is 1. The van der Waals surface area contributed by atoms with E-state index in [9.17, 15) is 18.0 Å². The Morgan fingerprint density at radius 3 is 2.71 bits per heavy atom. The van der Waals surface area contributed by atoms with E-state index in [1.54, 1.807) is 0 Å². The van der Waals surface area contributed by atoms with Crippen LogP contribution in [0.5, 0.6) is 0 Å². The second kappa shape index (κ2) is 5.39. The van der Waals surface area contributed by atoms with E-state index >= 15 is 0 Å². The molecule has 0 aliphatic heterocycles. The van der Waals surface area contributed by atoms with Gasteiger partial charge in [-0.2, -0.15) is 13.2 Å². The van der Waals surface area contributed by atoms with E-state index < -0.39 is 17.6 Å². The summed E-state index contributed by atoms with van der Waals surface area (Å²) in [6.07, 6.45) is 0.900. The summed E-state index contributed by atoms with van der Waals surface area (Å²) in [5, 5.41) is 2.35. The van der Waals surface area contributed by atoms with Crippen molar-refractivity contribution in [1.82, 2.24) is 0 Å². The molecule has 1 N–H and O–H groups in total. The molecule has 0 aliphatic rings. The fourth-order valence-electron chi connectivity index (χ4n) is 1.18. The van der Waals surface area contributed by atoms with Crippen LogP contribution in [0, 0.1) is 12.3 Å². The second-order valence-electron chi connectivity index (χ2n) is 3.33. The van der Waals surface area contributed by atoms with Gasteiger partial charge in [-0.3, -0.25) is 4.79 Å². The van der Waals surface area contributed by atoms with Crippen LogP contribution < -0.4 is 5.32 Å². The van der Waals surface area contributed by atoms with Crippen molar-refractivity contribution in [3.8, 4) is 12.3 Å². The number of benzene rings is 1. The highest BCUT2D eigenvalue weighted by Gasteiger charge is 2.30. The minimum absolute atomic E-state index is 0.0900. The molecule has 0 unspecified atom stereocenters. The summed E-state index contributed by atoms with van der Waals surface area (Å²) in [4.78, 5) is 11.2. The quantitative estimate of drug-likeness (QED) is 0.809. The van der Waals surface area contributed by atoms with Crippen molar-refractivity contribution in [2.45, 2.75) is 19.0 Å². The summed E-state index contributed by atoms with van der Waals surface area (Å²) in [6.45, 7) is 0. The fraction of sp³-hybridized carbons (Fsp3) is 0.250. The van der Waals surface area contributed by atoms with Crippen LogP contribution in [-0.4, -0.2) is 5.91 Å². The van der Waals surface area contributed by atoms with E-state index in [-0.39, 0.29) is 18.5 Å². The highest BCUT2D eigenvalue weighted by molar-refractivity contribution is 5.90. The first kappa shape index (κ1) is 13.1. The van der Waals surface area contributed by atoms with Gasteiger partial charge in [-0.15, -0.1) is 12.3 Å². The minimum atomic E-state index is -4.42. The first-order valence-electron chi connectivity index (χ1n) is 4.84. The third-order valence-electron chi connectivity index (χ3n) is 1.97. The molecule has 0 aliphatic carbocycles. The van der Waals surface area contributed by atoms with Crippen LogP contribution in [0.2, 0.25) is 0 Å². The van der Waals surface area contributed by atoms with E-state index in [1.165, 1.54) is 12.1 Å². The zero-order valence-corrected chi connectivity index (χ0v) is 8.84. The van der Waals surface area contributed by atoms with Crippen molar-refractivity contribution < 1.29 is 18.0 Å². The van der Waals surface area contributed by atoms with Gasteiger partial charge < -0.3 is 5.32 Å². The number of anilines is 1. The largest absolute Gasteiger partial charge is 0.416 e. The van der Waals surface area contributed by atoms with Crippen molar-refractivity contribution >= 4 is 11.6 Å². The average Bonchev–Trinajstić information content (AvgIpc) is 2.25. The molecular formula is C12H10F3NO. The van der Waals surface area contributed by atoms with Gasteiger partial charge in [0.15, 0.2) is 0 Å². The van der Waals surface area contributed by atoms with Crippen molar-refractivity contribution in [3.63, 3.8) is 0 Å². The lowest BCUT2D eigenvalue weighted by Crippen LogP contribution is -2.12. The number of halogens is 3. The number of carbonyl (C=O) groups is 1. The molecule has 0 saturated heterocycles. The molecule has 0 saturated carbocycles. The Morgan fingerprint density at radius 1 is 1.41 bits per heavy atom. The van der Waals surface area contributed by atoms with Crippen LogP contribution in [0.1, 0.15) is 18.4 Å². The van der Waals surface area contributed by atoms with Gasteiger partial charge in [0.25, 0.3) is 0 Å². The molecule has 2 nitrogen and oxygen atoms in total. The van der Waals surface area contributed by atoms with Gasteiger partial charge in [0.1, 0.15) is 0 Å². The first-order valence-corrected chi connectivity index (χ1v) is 4.84. The number of alkyl halides is 3. The highest BCUT2D eigenvalue weighted by atomic mass is 19.4. The molecule has 0 heterocycles. The smallest absolute Gasteiger partial charge is 0.326 e. The van der Waals surface area contributed by atoms with Crippen molar-refractivity contribution in [3.05, 3.63) is 29.8 Å². The number of terminal acetylenes is 1. The molecule has 0 radical (unpaired) electrons. The van der Waals surface area contributed by atoms with Gasteiger partial charge >= 0.3 is 6.18 Å². The minimum Gasteiger partial charge on any atom is -0.326 e. The molecule has 1 rings (SSSR count). The van der Waals surface area contributed by atoms with Gasteiger partial charge in [0.05, 0.1) is 5.56 Å². The summed E-state index contributed by atoms with van der Waals surface area (Å²) < 4.78 is 37.1. The van der Waals surface area contributed by atoms with E-state index in [0.717, 1.165) is 12.1 Å². The van der Waals surface area contributed by atoms with E-state index in [4.69, 9.17) is 6.42 Å². The lowest BCUT2D eigenvalue weighted by molar-refractivity contribution is -0.137. The van der Waals surface area contributed by atoms with Crippen LogP contribution in [0.3, 0.4) is 0 Å². The second-order valence-corrected chi connectivity index (χ2v) is 3.33. The van der Waals surface area contributed by atoms with Crippen molar-refractivity contribution in [2.75, 3.05) is 5.32 Å². The molecule has 17 heavy (non-hydrogen) atoms. The Morgan fingerprint density at radius 2 is 2.12 bits per heavy atom. The molecule has 1 aromatic rings. The van der Waals surface area contributed by atoms with Gasteiger partial charge in [-0.1, -0.05) is 6.07 Å². The Labute approximate surface area is 96.8 Å². The van der Waals surface area contributed by atoms with Crippen LogP contribution in [0.25, 0.3) is 0 Å². The molecule has 0 atom stereocenters. The molecule has 0 bridgehead atoms. The number of nitrogens with one attached hydrogen (secondary N) is 1. The van der Waals surface area contributed by atoms with Gasteiger partial charge in [0, 0.05) is 18.5 Å². The normalized spacial score (nSPS) is 10.7. The number of hydrogen-bond acceptors (Lipinski definition) is 1. The standard InChI is InChI=1S/C12H10F3NO/c1-2-3-7-11(17)16-10-6-4-5-9(8-10)12(13,14)15/h1,4-6,8H,3,7H2,(H,16,17). The van der Waals surface area contributed by atoms with E-state index in [0.29, 0.717) is 0 Å². The topological polar surface area (TPSA) is 29.1 Å².